The summed E-state index contributed by atoms with van der Waals surface area (Å²) in [6.45, 7) is 0.753. The lowest BCUT2D eigenvalue weighted by Gasteiger charge is -2.15. The molecule has 0 atom stereocenters. The molecule has 0 spiro atoms. The number of nitro groups is 1. The standard InChI is InChI=1S/C21H18BrFN2O4/c1-28-20-11-15(12-24-17-6-4-16(23)5-7-17)10-19(22)21(20)29-13-14-2-8-18(9-3-14)25(26)27/h2-11,24H,12-13H2,1H3. The molecule has 0 saturated carbocycles. The minimum atomic E-state index is -0.442. The molecule has 1 N–H and O–H groups in total. The maximum atomic E-state index is 13.0. The van der Waals surface area contributed by atoms with Crippen LogP contribution in [0.15, 0.2) is 65.1 Å². The Morgan fingerprint density at radius 3 is 2.38 bits per heavy atom. The van der Waals surface area contributed by atoms with Crippen molar-refractivity contribution in [3.63, 3.8) is 0 Å². The molecule has 0 unspecified atom stereocenters. The van der Waals surface area contributed by atoms with Crippen molar-refractivity contribution >= 4 is 27.3 Å². The van der Waals surface area contributed by atoms with Gasteiger partial charge >= 0.3 is 0 Å². The number of ether oxygens (including phenoxy) is 2. The topological polar surface area (TPSA) is 73.6 Å². The Hall–Kier alpha value is -3.13. The van der Waals surface area contributed by atoms with Gasteiger partial charge < -0.3 is 14.8 Å². The fraction of sp³-hybridized carbons (Fsp3) is 0.143. The predicted octanol–water partition coefficient (Wildman–Crippen LogP) is 5.70. The number of rotatable bonds is 8. The van der Waals surface area contributed by atoms with Crippen LogP contribution in [0.2, 0.25) is 0 Å². The number of nitrogens with one attached hydrogen (secondary N) is 1. The maximum Gasteiger partial charge on any atom is 0.269 e. The molecular weight excluding hydrogens is 443 g/mol. The van der Waals surface area contributed by atoms with Crippen molar-refractivity contribution in [3.8, 4) is 11.5 Å². The van der Waals surface area contributed by atoms with Crippen LogP contribution in [0.4, 0.5) is 15.8 Å². The lowest BCUT2D eigenvalue weighted by molar-refractivity contribution is -0.384. The molecule has 0 amide bonds. The van der Waals surface area contributed by atoms with Gasteiger partial charge in [-0.25, -0.2) is 4.39 Å². The molecule has 0 saturated heterocycles. The number of hydrogen-bond donors (Lipinski definition) is 1. The van der Waals surface area contributed by atoms with E-state index in [9.17, 15) is 14.5 Å². The quantitative estimate of drug-likeness (QED) is 0.344. The van der Waals surface area contributed by atoms with Crippen molar-refractivity contribution in [3.05, 3.63) is 92.2 Å². The number of benzene rings is 3. The summed E-state index contributed by atoms with van der Waals surface area (Å²) in [5, 5.41) is 14.0. The van der Waals surface area contributed by atoms with Crippen molar-refractivity contribution in [2.45, 2.75) is 13.2 Å². The molecule has 8 heteroatoms. The van der Waals surface area contributed by atoms with Gasteiger partial charge in [0.1, 0.15) is 12.4 Å². The van der Waals surface area contributed by atoms with E-state index in [1.807, 2.05) is 12.1 Å². The summed E-state index contributed by atoms with van der Waals surface area (Å²) in [5.41, 5.74) is 2.58. The second-order valence-corrected chi connectivity index (χ2v) is 7.04. The van der Waals surface area contributed by atoms with E-state index in [0.29, 0.717) is 18.0 Å². The molecule has 0 aromatic heterocycles. The number of anilines is 1. The SMILES string of the molecule is COc1cc(CNc2ccc(F)cc2)cc(Br)c1OCc1ccc([N+](=O)[O-])cc1. The van der Waals surface area contributed by atoms with E-state index in [1.54, 1.807) is 31.4 Å². The molecule has 0 aliphatic heterocycles. The summed E-state index contributed by atoms with van der Waals surface area (Å²) in [5.74, 6) is 0.808. The van der Waals surface area contributed by atoms with Gasteiger partial charge in [0.15, 0.2) is 11.5 Å². The Kier molecular flexibility index (Phi) is 6.66. The summed E-state index contributed by atoms with van der Waals surface area (Å²) in [6, 6.07) is 16.1. The van der Waals surface area contributed by atoms with Crippen LogP contribution < -0.4 is 14.8 Å². The molecule has 0 aliphatic rings. The molecule has 6 nitrogen and oxygen atoms in total. The maximum absolute atomic E-state index is 13.0. The minimum Gasteiger partial charge on any atom is -0.493 e. The van der Waals surface area contributed by atoms with Crippen LogP contribution in [-0.2, 0) is 13.2 Å². The van der Waals surface area contributed by atoms with E-state index in [4.69, 9.17) is 9.47 Å². The molecule has 3 rings (SSSR count). The minimum absolute atomic E-state index is 0.0329. The Morgan fingerprint density at radius 2 is 1.76 bits per heavy atom. The highest BCUT2D eigenvalue weighted by molar-refractivity contribution is 9.10. The zero-order chi connectivity index (χ0) is 20.8. The van der Waals surface area contributed by atoms with E-state index in [2.05, 4.69) is 21.2 Å². The normalized spacial score (nSPS) is 10.4. The van der Waals surface area contributed by atoms with E-state index in [-0.39, 0.29) is 18.1 Å². The first kappa shape index (κ1) is 20.6. The number of methoxy groups -OCH3 is 1. The second kappa shape index (κ2) is 9.38. The lowest BCUT2D eigenvalue weighted by Crippen LogP contribution is -2.03. The van der Waals surface area contributed by atoms with Crippen molar-refractivity contribution < 1.29 is 18.8 Å². The Morgan fingerprint density at radius 1 is 1.07 bits per heavy atom. The van der Waals surface area contributed by atoms with Crippen LogP contribution >= 0.6 is 15.9 Å². The zero-order valence-corrected chi connectivity index (χ0v) is 17.1. The lowest BCUT2D eigenvalue weighted by atomic mass is 10.2. The number of nitro benzene ring substituents is 1. The third-order valence-electron chi connectivity index (χ3n) is 4.16. The molecule has 29 heavy (non-hydrogen) atoms. The van der Waals surface area contributed by atoms with Crippen LogP contribution in [-0.4, -0.2) is 12.0 Å². The van der Waals surface area contributed by atoms with Crippen LogP contribution in [0.1, 0.15) is 11.1 Å². The third kappa shape index (κ3) is 5.45. The average molecular weight is 461 g/mol. The van der Waals surface area contributed by atoms with E-state index >= 15 is 0 Å². The fourth-order valence-electron chi connectivity index (χ4n) is 2.66. The number of hydrogen-bond acceptors (Lipinski definition) is 5. The highest BCUT2D eigenvalue weighted by Crippen LogP contribution is 2.37. The predicted molar refractivity (Wildman–Crippen MR) is 112 cm³/mol. The van der Waals surface area contributed by atoms with E-state index in [0.717, 1.165) is 21.3 Å². The summed E-state index contributed by atoms with van der Waals surface area (Å²) in [4.78, 5) is 10.3. The van der Waals surface area contributed by atoms with Crippen LogP contribution in [0.25, 0.3) is 0 Å². The van der Waals surface area contributed by atoms with Crippen molar-refractivity contribution in [1.29, 1.82) is 0 Å². The molecule has 0 aliphatic carbocycles. The Bertz CT molecular complexity index is 995. The van der Waals surface area contributed by atoms with Crippen molar-refractivity contribution in [2.24, 2.45) is 0 Å². The summed E-state index contributed by atoms with van der Waals surface area (Å²) in [6.07, 6.45) is 0. The van der Waals surface area contributed by atoms with Crippen LogP contribution in [0.5, 0.6) is 11.5 Å². The highest BCUT2D eigenvalue weighted by atomic mass is 79.9. The highest BCUT2D eigenvalue weighted by Gasteiger charge is 2.13. The number of nitrogens with zero attached hydrogens (tertiary/aromatic N) is 1. The fourth-order valence-corrected chi connectivity index (χ4v) is 3.26. The Labute approximate surface area is 175 Å². The van der Waals surface area contributed by atoms with Gasteiger partial charge in [0.05, 0.1) is 16.5 Å². The molecule has 150 valence electrons. The molecule has 3 aromatic rings. The van der Waals surface area contributed by atoms with Crippen LogP contribution in [0.3, 0.4) is 0 Å². The van der Waals surface area contributed by atoms with Gasteiger partial charge in [0.2, 0.25) is 0 Å². The average Bonchev–Trinajstić information content (AvgIpc) is 2.72. The third-order valence-corrected chi connectivity index (χ3v) is 4.75. The summed E-state index contributed by atoms with van der Waals surface area (Å²) >= 11 is 3.51. The van der Waals surface area contributed by atoms with Crippen molar-refractivity contribution in [2.75, 3.05) is 12.4 Å². The zero-order valence-electron chi connectivity index (χ0n) is 15.5. The largest absolute Gasteiger partial charge is 0.493 e. The van der Waals surface area contributed by atoms with Gasteiger partial charge in [-0.15, -0.1) is 0 Å². The molecule has 0 fully saturated rings. The summed E-state index contributed by atoms with van der Waals surface area (Å²) < 4.78 is 25.0. The first-order valence-corrected chi connectivity index (χ1v) is 9.47. The van der Waals surface area contributed by atoms with E-state index in [1.165, 1.54) is 24.3 Å². The molecular formula is C21H18BrFN2O4. The smallest absolute Gasteiger partial charge is 0.269 e. The molecule has 3 aromatic carbocycles. The molecule has 0 heterocycles. The Balaban J connectivity index is 1.69. The van der Waals surface area contributed by atoms with Gasteiger partial charge in [-0.1, -0.05) is 0 Å². The number of non-ortho nitro benzene ring substituents is 1. The second-order valence-electron chi connectivity index (χ2n) is 6.18. The van der Waals surface area contributed by atoms with Gasteiger partial charge in [-0.05, 0) is 75.6 Å². The molecule has 0 bridgehead atoms. The van der Waals surface area contributed by atoms with Crippen LogP contribution in [0, 0.1) is 15.9 Å². The van der Waals surface area contributed by atoms with E-state index < -0.39 is 4.92 Å². The first-order chi connectivity index (χ1) is 14.0. The van der Waals surface area contributed by atoms with Crippen molar-refractivity contribution in [1.82, 2.24) is 0 Å². The van der Waals surface area contributed by atoms with Gasteiger partial charge in [0.25, 0.3) is 5.69 Å². The number of halogens is 2. The summed E-state index contributed by atoms with van der Waals surface area (Å²) in [7, 11) is 1.55. The van der Waals surface area contributed by atoms with Gasteiger partial charge in [-0.3, -0.25) is 10.1 Å². The first-order valence-electron chi connectivity index (χ1n) is 8.68. The monoisotopic (exact) mass is 460 g/mol. The molecule has 0 radical (unpaired) electrons. The van der Waals surface area contributed by atoms with Gasteiger partial charge in [-0.2, -0.15) is 0 Å². The van der Waals surface area contributed by atoms with Gasteiger partial charge in [0, 0.05) is 24.4 Å².